The van der Waals surface area contributed by atoms with Crippen LogP contribution in [0.4, 0.5) is 0 Å². The fourth-order valence-corrected chi connectivity index (χ4v) is 6.44. The Kier molecular flexibility index (Phi) is 5.97. The molecule has 6 nitrogen and oxygen atoms in total. The molecular formula is C24H32N4O2S. The normalized spacial score (nSPS) is 22.2. The van der Waals surface area contributed by atoms with Gasteiger partial charge in [-0.3, -0.25) is 14.5 Å². The molecule has 166 valence electrons. The van der Waals surface area contributed by atoms with Crippen molar-refractivity contribution in [2.75, 3.05) is 13.1 Å². The molecular weight excluding hydrogens is 408 g/mol. The number of aryl methyl sites for hydroxylation is 1. The summed E-state index contributed by atoms with van der Waals surface area (Å²) in [6.45, 7) is 5.37. The molecule has 1 atom stereocenters. The van der Waals surface area contributed by atoms with Gasteiger partial charge >= 0.3 is 0 Å². The van der Waals surface area contributed by atoms with Crippen LogP contribution < -0.4 is 5.56 Å². The standard InChI is InChI=1S/C24H32N4O2S/c1-16-9-12-31-21(16)15-27-11-8-19-18(14-27)24(30)26-23(25-19)20-7-4-10-28(20)22(29)13-17-5-2-3-6-17/h9,12,17,20H,2-8,10-11,13-15H2,1H3,(H,25,26,30)/t20-/m0/s1. The molecule has 5 rings (SSSR count). The quantitative estimate of drug-likeness (QED) is 0.765. The average molecular weight is 441 g/mol. The number of carbonyl (C=O) groups excluding carboxylic acids is 1. The molecule has 1 amide bonds. The Bertz CT molecular complexity index is 1010. The first kappa shape index (κ1) is 20.9. The highest BCUT2D eigenvalue weighted by Crippen LogP contribution is 2.34. The molecule has 1 saturated heterocycles. The van der Waals surface area contributed by atoms with Gasteiger partial charge in [-0.25, -0.2) is 4.98 Å². The highest BCUT2D eigenvalue weighted by molar-refractivity contribution is 7.10. The van der Waals surface area contributed by atoms with Gasteiger partial charge in [0.1, 0.15) is 5.82 Å². The molecule has 2 fully saturated rings. The number of aromatic nitrogens is 2. The van der Waals surface area contributed by atoms with Crippen molar-refractivity contribution < 1.29 is 4.79 Å². The van der Waals surface area contributed by atoms with Gasteiger partial charge in [-0.2, -0.15) is 0 Å². The fourth-order valence-electron chi connectivity index (χ4n) is 5.49. The number of fused-ring (bicyclic) bond motifs is 1. The third-order valence-corrected chi connectivity index (χ3v) is 8.34. The molecule has 4 heterocycles. The number of likely N-dealkylation sites (tertiary alicyclic amines) is 1. The minimum Gasteiger partial charge on any atom is -0.333 e. The molecule has 2 aromatic heterocycles. The van der Waals surface area contributed by atoms with Gasteiger partial charge in [-0.15, -0.1) is 11.3 Å². The van der Waals surface area contributed by atoms with E-state index in [-0.39, 0.29) is 17.5 Å². The van der Waals surface area contributed by atoms with E-state index in [2.05, 4.69) is 28.3 Å². The highest BCUT2D eigenvalue weighted by Gasteiger charge is 2.34. The number of amides is 1. The van der Waals surface area contributed by atoms with E-state index in [1.54, 1.807) is 11.3 Å². The van der Waals surface area contributed by atoms with E-state index < -0.39 is 0 Å². The number of H-pyrrole nitrogens is 1. The summed E-state index contributed by atoms with van der Waals surface area (Å²) < 4.78 is 0. The summed E-state index contributed by atoms with van der Waals surface area (Å²) in [5.74, 6) is 1.48. The summed E-state index contributed by atoms with van der Waals surface area (Å²) in [6.07, 6.45) is 8.19. The van der Waals surface area contributed by atoms with Crippen molar-refractivity contribution in [3.8, 4) is 0 Å². The highest BCUT2D eigenvalue weighted by atomic mass is 32.1. The molecule has 2 aliphatic heterocycles. The van der Waals surface area contributed by atoms with Crippen LogP contribution in [0.5, 0.6) is 0 Å². The predicted octanol–water partition coefficient (Wildman–Crippen LogP) is 3.94. The Hall–Kier alpha value is -1.99. The summed E-state index contributed by atoms with van der Waals surface area (Å²) >= 11 is 1.78. The minimum atomic E-state index is -0.0706. The molecule has 1 aliphatic carbocycles. The van der Waals surface area contributed by atoms with Crippen LogP contribution in [0.1, 0.15) is 78.5 Å². The van der Waals surface area contributed by atoms with Crippen molar-refractivity contribution in [2.24, 2.45) is 5.92 Å². The summed E-state index contributed by atoms with van der Waals surface area (Å²) in [5.41, 5.74) is 3.02. The van der Waals surface area contributed by atoms with Crippen LogP contribution in [0.2, 0.25) is 0 Å². The lowest BCUT2D eigenvalue weighted by Crippen LogP contribution is -2.38. The van der Waals surface area contributed by atoms with Gasteiger partial charge in [-0.1, -0.05) is 12.8 Å². The number of rotatable bonds is 5. The van der Waals surface area contributed by atoms with Gasteiger partial charge in [0.15, 0.2) is 0 Å². The number of nitrogens with one attached hydrogen (secondary N) is 1. The third-order valence-electron chi connectivity index (χ3n) is 7.33. The fraction of sp³-hybridized carbons (Fsp3) is 0.625. The van der Waals surface area contributed by atoms with Crippen LogP contribution in [-0.4, -0.2) is 38.8 Å². The lowest BCUT2D eigenvalue weighted by Gasteiger charge is -2.29. The molecule has 7 heteroatoms. The Morgan fingerprint density at radius 3 is 2.84 bits per heavy atom. The summed E-state index contributed by atoms with van der Waals surface area (Å²) in [6, 6.07) is 2.08. The van der Waals surface area contributed by atoms with Crippen LogP contribution >= 0.6 is 11.3 Å². The molecule has 1 N–H and O–H groups in total. The van der Waals surface area contributed by atoms with Crippen molar-refractivity contribution >= 4 is 17.2 Å². The molecule has 3 aliphatic rings. The SMILES string of the molecule is Cc1ccsc1CN1CCc2nc([C@@H]3CCCN3C(=O)CC3CCCC3)[nH]c(=O)c2C1. The number of thiophene rings is 1. The Labute approximate surface area is 187 Å². The van der Waals surface area contributed by atoms with E-state index in [1.165, 1.54) is 36.1 Å². The van der Waals surface area contributed by atoms with Gasteiger partial charge < -0.3 is 9.88 Å². The van der Waals surface area contributed by atoms with Gasteiger partial charge in [0.2, 0.25) is 5.91 Å². The van der Waals surface area contributed by atoms with E-state index in [0.29, 0.717) is 24.7 Å². The zero-order valence-corrected chi connectivity index (χ0v) is 19.2. The number of nitrogens with zero attached hydrogens (tertiary/aromatic N) is 3. The van der Waals surface area contributed by atoms with Gasteiger partial charge in [-0.05, 0) is 55.5 Å². The van der Waals surface area contributed by atoms with E-state index in [9.17, 15) is 9.59 Å². The Balaban J connectivity index is 1.31. The van der Waals surface area contributed by atoms with E-state index in [1.807, 2.05) is 4.90 Å². The van der Waals surface area contributed by atoms with Crippen LogP contribution in [0.3, 0.4) is 0 Å². The molecule has 0 radical (unpaired) electrons. The smallest absolute Gasteiger partial charge is 0.255 e. The van der Waals surface area contributed by atoms with E-state index in [0.717, 1.165) is 50.2 Å². The molecule has 2 aromatic rings. The van der Waals surface area contributed by atoms with E-state index in [4.69, 9.17) is 4.98 Å². The zero-order valence-electron chi connectivity index (χ0n) is 18.4. The van der Waals surface area contributed by atoms with Crippen molar-refractivity contribution in [2.45, 2.75) is 77.4 Å². The summed E-state index contributed by atoms with van der Waals surface area (Å²) in [5, 5.41) is 2.13. The summed E-state index contributed by atoms with van der Waals surface area (Å²) in [4.78, 5) is 39.6. The largest absolute Gasteiger partial charge is 0.333 e. The minimum absolute atomic E-state index is 0.0253. The number of hydrogen-bond donors (Lipinski definition) is 1. The number of hydrogen-bond acceptors (Lipinski definition) is 5. The molecule has 1 saturated carbocycles. The number of carbonyl (C=O) groups is 1. The predicted molar refractivity (Wildman–Crippen MR) is 122 cm³/mol. The molecule has 31 heavy (non-hydrogen) atoms. The van der Waals surface area contributed by atoms with Crippen LogP contribution in [0.15, 0.2) is 16.2 Å². The maximum absolute atomic E-state index is 13.0. The van der Waals surface area contributed by atoms with Crippen molar-refractivity contribution in [1.82, 2.24) is 19.8 Å². The second-order valence-corrected chi connectivity index (χ2v) is 10.5. The van der Waals surface area contributed by atoms with Gasteiger partial charge in [0.05, 0.1) is 17.3 Å². The number of aromatic amines is 1. The summed E-state index contributed by atoms with van der Waals surface area (Å²) in [7, 11) is 0. The lowest BCUT2D eigenvalue weighted by molar-refractivity contribution is -0.133. The first-order valence-electron chi connectivity index (χ1n) is 11.7. The maximum Gasteiger partial charge on any atom is 0.255 e. The Morgan fingerprint density at radius 1 is 1.23 bits per heavy atom. The van der Waals surface area contributed by atoms with E-state index >= 15 is 0 Å². The Morgan fingerprint density at radius 2 is 2.06 bits per heavy atom. The average Bonchev–Trinajstić information content (AvgIpc) is 3.51. The maximum atomic E-state index is 13.0. The van der Waals surface area contributed by atoms with Crippen molar-refractivity contribution in [1.29, 1.82) is 0 Å². The second-order valence-electron chi connectivity index (χ2n) is 9.46. The second kappa shape index (κ2) is 8.87. The molecule has 0 unspecified atom stereocenters. The van der Waals surface area contributed by atoms with Crippen LogP contribution in [0, 0.1) is 12.8 Å². The van der Waals surface area contributed by atoms with Crippen LogP contribution in [0.25, 0.3) is 0 Å². The first-order chi connectivity index (χ1) is 15.1. The molecule has 0 aromatic carbocycles. The van der Waals surface area contributed by atoms with Crippen LogP contribution in [-0.2, 0) is 24.3 Å². The van der Waals surface area contributed by atoms with Gasteiger partial charge in [0, 0.05) is 43.9 Å². The third kappa shape index (κ3) is 4.35. The van der Waals surface area contributed by atoms with Crippen molar-refractivity contribution in [3.63, 3.8) is 0 Å². The van der Waals surface area contributed by atoms with Gasteiger partial charge in [0.25, 0.3) is 5.56 Å². The zero-order chi connectivity index (χ0) is 21.4. The first-order valence-corrected chi connectivity index (χ1v) is 12.6. The lowest BCUT2D eigenvalue weighted by atomic mass is 10.0. The molecule has 0 spiro atoms. The monoisotopic (exact) mass is 440 g/mol. The molecule has 0 bridgehead atoms. The topological polar surface area (TPSA) is 69.3 Å². The van der Waals surface area contributed by atoms with Crippen molar-refractivity contribution in [3.05, 3.63) is 49.3 Å².